The fraction of sp³-hybridized carbons (Fsp3) is 0.419. The van der Waals surface area contributed by atoms with Crippen molar-refractivity contribution in [3.05, 3.63) is 90.0 Å². The van der Waals surface area contributed by atoms with Crippen LogP contribution in [0, 0.1) is 0 Å². The predicted molar refractivity (Wildman–Crippen MR) is 147 cm³/mol. The second-order valence-corrected chi connectivity index (χ2v) is 16.3. The maximum Gasteiger partial charge on any atom is 0.261 e. The Kier molecular flexibility index (Phi) is 6.10. The number of fused-ring (bicyclic) bond motifs is 4. The molecule has 3 aliphatic rings. The maximum absolute atomic E-state index is 10.2. The van der Waals surface area contributed by atoms with Gasteiger partial charge in [0.05, 0.1) is 13.2 Å². The van der Waals surface area contributed by atoms with Crippen molar-refractivity contribution in [2.45, 2.75) is 76.1 Å². The number of hydrogen-bond acceptors (Lipinski definition) is 6. The van der Waals surface area contributed by atoms with Crippen molar-refractivity contribution in [2.75, 3.05) is 6.61 Å². The average molecular weight is 533 g/mol. The fourth-order valence-electron chi connectivity index (χ4n) is 6.55. The highest BCUT2D eigenvalue weighted by atomic mass is 28.4. The van der Waals surface area contributed by atoms with Crippen LogP contribution in [0.2, 0.25) is 5.04 Å². The lowest BCUT2D eigenvalue weighted by Gasteiger charge is -2.44. The van der Waals surface area contributed by atoms with E-state index in [2.05, 4.69) is 69.3 Å². The number of benzene rings is 3. The van der Waals surface area contributed by atoms with Gasteiger partial charge in [-0.1, -0.05) is 87.5 Å². The van der Waals surface area contributed by atoms with Crippen LogP contribution in [-0.2, 0) is 35.6 Å². The molecule has 4 atom stereocenters. The van der Waals surface area contributed by atoms with Crippen molar-refractivity contribution in [3.8, 4) is 5.75 Å². The second kappa shape index (κ2) is 9.01. The summed E-state index contributed by atoms with van der Waals surface area (Å²) in [7, 11) is -2.81. The topological polar surface area (TPSA) is 66.4 Å². The number of rotatable bonds is 5. The van der Waals surface area contributed by atoms with E-state index in [9.17, 15) is 5.11 Å². The number of phenolic OH excluding ortho intramolecular Hbond substituents is 1. The van der Waals surface area contributed by atoms with Crippen molar-refractivity contribution in [2.24, 2.45) is 0 Å². The monoisotopic (exact) mass is 532 g/mol. The Morgan fingerprint density at radius 2 is 1.55 bits per heavy atom. The van der Waals surface area contributed by atoms with Gasteiger partial charge in [0.15, 0.2) is 17.7 Å². The first-order valence-electron chi connectivity index (χ1n) is 13.3. The van der Waals surface area contributed by atoms with Gasteiger partial charge < -0.3 is 28.5 Å². The zero-order valence-corrected chi connectivity index (χ0v) is 23.6. The molecule has 0 aliphatic carbocycles. The number of aromatic hydroxyl groups is 1. The minimum atomic E-state index is -2.81. The van der Waals surface area contributed by atoms with Crippen LogP contribution in [0.3, 0.4) is 0 Å². The summed E-state index contributed by atoms with van der Waals surface area (Å²) in [6, 6.07) is 26.5. The summed E-state index contributed by atoms with van der Waals surface area (Å²) >= 11 is 0. The van der Waals surface area contributed by atoms with Gasteiger partial charge in [0.1, 0.15) is 18.0 Å². The third-order valence-electron chi connectivity index (χ3n) is 8.10. The fourth-order valence-corrected chi connectivity index (χ4v) is 11.1. The molecule has 38 heavy (non-hydrogen) atoms. The molecule has 1 spiro atoms. The summed E-state index contributed by atoms with van der Waals surface area (Å²) < 4.78 is 33.1. The quantitative estimate of drug-likeness (QED) is 0.486. The summed E-state index contributed by atoms with van der Waals surface area (Å²) in [6.07, 6.45) is -1.52. The third-order valence-corrected chi connectivity index (χ3v) is 13.1. The maximum atomic E-state index is 10.2. The molecule has 2 fully saturated rings. The Hall–Kier alpha value is -2.52. The largest absolute Gasteiger partial charge is 0.508 e. The van der Waals surface area contributed by atoms with E-state index in [-0.39, 0.29) is 10.8 Å². The smallest absolute Gasteiger partial charge is 0.261 e. The Bertz CT molecular complexity index is 1270. The van der Waals surface area contributed by atoms with Gasteiger partial charge in [0.2, 0.25) is 0 Å². The van der Waals surface area contributed by atoms with Crippen LogP contribution in [0.25, 0.3) is 0 Å². The van der Waals surface area contributed by atoms with E-state index in [1.54, 1.807) is 12.1 Å². The van der Waals surface area contributed by atoms with Crippen LogP contribution in [-0.4, -0.2) is 44.3 Å². The van der Waals surface area contributed by atoms with Gasteiger partial charge in [-0.15, -0.1) is 0 Å². The third kappa shape index (κ3) is 3.87. The van der Waals surface area contributed by atoms with Gasteiger partial charge >= 0.3 is 0 Å². The molecule has 3 aromatic rings. The van der Waals surface area contributed by atoms with E-state index >= 15 is 0 Å². The SMILES string of the molecule is CC1(C)O[C@@H]2O[C@H](CO[Si](c3ccccc3)(c3ccccc3)C(C)(C)C)[C@]3(OCc4cc(O)ccc43)[C@@H]2O1. The van der Waals surface area contributed by atoms with Crippen LogP contribution < -0.4 is 10.4 Å². The standard InChI is InChI=1S/C31H36O6Si/c1-29(2,3)38(23-12-8-6-9-13-23,24-14-10-7-11-15-24)34-20-26-31(27-28(35-26)37-30(4,5)36-27)25-17-16-22(32)18-21(25)19-33-31/h6-18,26-28,32H,19-20H2,1-5H3/t26-,27-,28+,31+/m1/s1. The number of ether oxygens (including phenoxy) is 4. The first-order chi connectivity index (χ1) is 18.1. The van der Waals surface area contributed by atoms with E-state index in [0.717, 1.165) is 11.1 Å². The lowest BCUT2D eigenvalue weighted by Crippen LogP contribution is -2.67. The molecule has 0 bridgehead atoms. The van der Waals surface area contributed by atoms with Gasteiger partial charge in [0, 0.05) is 0 Å². The molecule has 0 amide bonds. The van der Waals surface area contributed by atoms with Crippen molar-refractivity contribution in [1.82, 2.24) is 0 Å². The van der Waals surface area contributed by atoms with E-state index in [0.29, 0.717) is 13.2 Å². The van der Waals surface area contributed by atoms with Crippen molar-refractivity contribution in [3.63, 3.8) is 0 Å². The van der Waals surface area contributed by atoms with Crippen LogP contribution in [0.1, 0.15) is 45.7 Å². The number of hydrogen-bond donors (Lipinski definition) is 1. The molecule has 0 saturated carbocycles. The van der Waals surface area contributed by atoms with Gasteiger partial charge in [-0.05, 0) is 52.5 Å². The minimum absolute atomic E-state index is 0.174. The van der Waals surface area contributed by atoms with Gasteiger partial charge in [0.25, 0.3) is 8.32 Å². The first-order valence-corrected chi connectivity index (χ1v) is 15.2. The lowest BCUT2D eigenvalue weighted by molar-refractivity contribution is -0.241. The average Bonchev–Trinajstić information content (AvgIpc) is 3.49. The van der Waals surface area contributed by atoms with Crippen LogP contribution >= 0.6 is 0 Å². The molecule has 0 radical (unpaired) electrons. The van der Waals surface area contributed by atoms with Crippen LogP contribution in [0.4, 0.5) is 0 Å². The Morgan fingerprint density at radius 3 is 2.16 bits per heavy atom. The van der Waals surface area contributed by atoms with Crippen LogP contribution in [0.5, 0.6) is 5.75 Å². The molecule has 1 N–H and O–H groups in total. The molecule has 3 heterocycles. The molecule has 6 rings (SSSR count). The summed E-state index contributed by atoms with van der Waals surface area (Å²) in [4.78, 5) is 0. The molecular weight excluding hydrogens is 496 g/mol. The minimum Gasteiger partial charge on any atom is -0.508 e. The van der Waals surface area contributed by atoms with Crippen molar-refractivity contribution >= 4 is 18.7 Å². The van der Waals surface area contributed by atoms with E-state index in [1.807, 2.05) is 32.0 Å². The molecule has 3 aromatic carbocycles. The lowest BCUT2D eigenvalue weighted by atomic mass is 9.84. The van der Waals surface area contributed by atoms with Crippen LogP contribution in [0.15, 0.2) is 78.9 Å². The highest BCUT2D eigenvalue weighted by Crippen LogP contribution is 2.55. The van der Waals surface area contributed by atoms with Gasteiger partial charge in [-0.3, -0.25) is 0 Å². The molecule has 200 valence electrons. The predicted octanol–water partition coefficient (Wildman–Crippen LogP) is 4.57. The second-order valence-electron chi connectivity index (χ2n) is 11.9. The normalized spacial score (nSPS) is 28.0. The molecule has 2 saturated heterocycles. The summed E-state index contributed by atoms with van der Waals surface area (Å²) in [6.45, 7) is 11.2. The Morgan fingerprint density at radius 1 is 0.921 bits per heavy atom. The zero-order valence-electron chi connectivity index (χ0n) is 22.6. The van der Waals surface area contributed by atoms with Gasteiger partial charge in [-0.25, -0.2) is 0 Å². The highest BCUT2D eigenvalue weighted by Gasteiger charge is 2.68. The summed E-state index contributed by atoms with van der Waals surface area (Å²) in [5.41, 5.74) is 0.977. The summed E-state index contributed by atoms with van der Waals surface area (Å²) in [5.74, 6) is -0.584. The molecule has 0 aromatic heterocycles. The molecule has 0 unspecified atom stereocenters. The first kappa shape index (κ1) is 25.7. The van der Waals surface area contributed by atoms with Crippen molar-refractivity contribution < 1.29 is 28.5 Å². The molecule has 7 heteroatoms. The highest BCUT2D eigenvalue weighted by molar-refractivity contribution is 6.99. The molecule has 6 nitrogen and oxygen atoms in total. The van der Waals surface area contributed by atoms with E-state index in [4.69, 9.17) is 23.4 Å². The van der Waals surface area contributed by atoms with E-state index < -0.39 is 38.2 Å². The number of phenols is 1. The molecule has 3 aliphatic heterocycles. The van der Waals surface area contributed by atoms with Gasteiger partial charge in [-0.2, -0.15) is 0 Å². The Labute approximate surface area is 225 Å². The molecular formula is C31H36O6Si. The van der Waals surface area contributed by atoms with E-state index in [1.165, 1.54) is 10.4 Å². The Balaban J connectivity index is 1.44. The zero-order chi connectivity index (χ0) is 26.8. The summed E-state index contributed by atoms with van der Waals surface area (Å²) in [5, 5.41) is 12.4. The van der Waals surface area contributed by atoms with Crippen molar-refractivity contribution in [1.29, 1.82) is 0 Å².